The molecule has 1 N–H and O–H groups in total. The van der Waals surface area contributed by atoms with Gasteiger partial charge in [-0.05, 0) is 49.8 Å². The number of amides is 1. The summed E-state index contributed by atoms with van der Waals surface area (Å²) in [4.78, 5) is 11.8. The minimum absolute atomic E-state index is 0.0607. The number of anilines is 1. The second kappa shape index (κ2) is 5.07. The van der Waals surface area contributed by atoms with Crippen LogP contribution < -0.4 is 5.32 Å². The number of hydrogen-bond donors (Lipinski definition) is 1. The number of carbonyl (C=O) groups is 1. The van der Waals surface area contributed by atoms with E-state index in [1.165, 1.54) is 6.07 Å². The molecule has 0 radical (unpaired) electrons. The average molecular weight is 344 g/mol. The van der Waals surface area contributed by atoms with Crippen LogP contribution in [0.2, 0.25) is 5.02 Å². The molecule has 1 amide bonds. The predicted octanol–water partition coefficient (Wildman–Crippen LogP) is 4.69. The van der Waals surface area contributed by atoms with Crippen molar-refractivity contribution in [3.05, 3.63) is 27.8 Å². The van der Waals surface area contributed by atoms with E-state index in [-0.39, 0.29) is 22.2 Å². The first-order chi connectivity index (χ1) is 10.7. The van der Waals surface area contributed by atoms with Crippen LogP contribution in [-0.2, 0) is 10.3 Å². The Morgan fingerprint density at radius 1 is 1.35 bits per heavy atom. The van der Waals surface area contributed by atoms with Gasteiger partial charge < -0.3 is 4.74 Å². The summed E-state index contributed by atoms with van der Waals surface area (Å²) in [5.41, 5.74) is -2.14. The molecule has 23 heavy (non-hydrogen) atoms. The number of ether oxygens (including phenoxy) is 1. The highest BCUT2D eigenvalue weighted by atomic mass is 35.5. The van der Waals surface area contributed by atoms with E-state index in [0.29, 0.717) is 11.1 Å². The topological polar surface area (TPSA) is 38.3 Å². The number of hydrogen-bond acceptors (Lipinski definition) is 2. The molecule has 2 aliphatic rings. The van der Waals surface area contributed by atoms with Crippen LogP contribution in [0.5, 0.6) is 0 Å². The number of rotatable bonds is 0. The highest BCUT2D eigenvalue weighted by Gasteiger charge is 2.62. The van der Waals surface area contributed by atoms with Gasteiger partial charge in [0.1, 0.15) is 0 Å². The summed E-state index contributed by atoms with van der Waals surface area (Å²) in [6, 6.07) is 1.17. The fourth-order valence-electron chi connectivity index (χ4n) is 2.44. The van der Waals surface area contributed by atoms with Gasteiger partial charge in [0, 0.05) is 16.5 Å². The smallest absolute Gasteiger partial charge is 0.415 e. The molecule has 0 bridgehead atoms. The van der Waals surface area contributed by atoms with Crippen molar-refractivity contribution in [2.45, 2.75) is 38.5 Å². The number of cyclic esters (lactones) is 1. The van der Waals surface area contributed by atoms with Crippen molar-refractivity contribution in [3.63, 3.8) is 0 Å². The Balaban J connectivity index is 2.30. The van der Waals surface area contributed by atoms with Crippen molar-refractivity contribution in [1.82, 2.24) is 0 Å². The largest absolute Gasteiger partial charge is 0.445 e. The van der Waals surface area contributed by atoms with E-state index in [0.717, 1.165) is 12.8 Å². The van der Waals surface area contributed by atoms with E-state index < -0.39 is 17.9 Å². The molecule has 0 saturated heterocycles. The molecule has 0 unspecified atom stereocenters. The minimum atomic E-state index is -4.88. The average Bonchev–Trinajstić information content (AvgIpc) is 3.26. The third kappa shape index (κ3) is 2.53. The Bertz CT molecular complexity index is 759. The second-order valence-corrected chi connectivity index (χ2v) is 6.18. The van der Waals surface area contributed by atoms with Crippen LogP contribution in [0.3, 0.4) is 0 Å². The van der Waals surface area contributed by atoms with Gasteiger partial charge in [-0.2, -0.15) is 13.2 Å². The highest BCUT2D eigenvalue weighted by Crippen LogP contribution is 2.49. The van der Waals surface area contributed by atoms with Crippen molar-refractivity contribution in [2.75, 3.05) is 5.32 Å². The first kappa shape index (κ1) is 16.0. The number of carbonyl (C=O) groups excluding carboxylic acids is 1. The Morgan fingerprint density at radius 3 is 2.57 bits per heavy atom. The normalized spacial score (nSPS) is 23.3. The van der Waals surface area contributed by atoms with E-state index in [9.17, 15) is 18.0 Å². The number of nitrogens with one attached hydrogen (secondary N) is 1. The summed E-state index contributed by atoms with van der Waals surface area (Å²) in [5.74, 6) is 4.68. The molecule has 122 valence electrons. The van der Waals surface area contributed by atoms with E-state index >= 15 is 0 Å². The summed E-state index contributed by atoms with van der Waals surface area (Å²) in [6.07, 6.45) is -4.54. The molecule has 1 aromatic carbocycles. The van der Waals surface area contributed by atoms with Gasteiger partial charge in [-0.3, -0.25) is 5.32 Å². The van der Waals surface area contributed by atoms with Gasteiger partial charge in [0.25, 0.3) is 5.60 Å². The zero-order valence-corrected chi connectivity index (χ0v) is 13.2. The van der Waals surface area contributed by atoms with Crippen molar-refractivity contribution in [2.24, 2.45) is 5.92 Å². The summed E-state index contributed by atoms with van der Waals surface area (Å²) in [5, 5.41) is 2.51. The molecule has 3 nitrogen and oxygen atoms in total. The predicted molar refractivity (Wildman–Crippen MR) is 79.3 cm³/mol. The zero-order chi connectivity index (χ0) is 17.0. The summed E-state index contributed by atoms with van der Waals surface area (Å²) < 4.78 is 46.2. The second-order valence-electron chi connectivity index (χ2n) is 5.77. The molecule has 0 aromatic heterocycles. The van der Waals surface area contributed by atoms with E-state index in [2.05, 4.69) is 21.9 Å². The molecular weight excluding hydrogens is 331 g/mol. The standard InChI is InChI=1S/C16H13ClF3NO2/c1-8-9(2)13-11(7-12(8)17)15(16(18,19)20,23-14(22)21-13)6-5-10-3-4-10/h7,10H,3-4H2,1-2H3,(H,21,22)/t15-/m0/s1. The Kier molecular flexibility index (Phi) is 3.53. The molecule has 1 aromatic rings. The third-order valence-corrected chi connectivity index (χ3v) is 4.51. The van der Waals surface area contributed by atoms with Crippen LogP contribution in [0, 0.1) is 31.6 Å². The van der Waals surface area contributed by atoms with Gasteiger partial charge in [0.2, 0.25) is 0 Å². The lowest BCUT2D eigenvalue weighted by molar-refractivity contribution is -0.239. The van der Waals surface area contributed by atoms with Gasteiger partial charge in [-0.25, -0.2) is 4.79 Å². The molecule has 1 aliphatic heterocycles. The maximum Gasteiger partial charge on any atom is 0.445 e. The fourth-order valence-corrected chi connectivity index (χ4v) is 2.69. The van der Waals surface area contributed by atoms with E-state index in [4.69, 9.17) is 11.6 Å². The van der Waals surface area contributed by atoms with Crippen molar-refractivity contribution < 1.29 is 22.7 Å². The molecule has 1 saturated carbocycles. The summed E-state index contributed by atoms with van der Waals surface area (Å²) in [6.45, 7) is 3.27. The SMILES string of the molecule is Cc1c(Cl)cc2c(c1C)NC(=O)O[C@]2(C#CC1CC1)C(F)(F)F. The molecule has 1 fully saturated rings. The number of alkyl halides is 3. The van der Waals surface area contributed by atoms with Crippen LogP contribution in [0.15, 0.2) is 6.07 Å². The van der Waals surface area contributed by atoms with E-state index in [1.807, 2.05) is 0 Å². The van der Waals surface area contributed by atoms with Crippen LogP contribution in [0.1, 0.15) is 29.5 Å². The number of fused-ring (bicyclic) bond motifs is 1. The van der Waals surface area contributed by atoms with Gasteiger partial charge in [-0.15, -0.1) is 0 Å². The third-order valence-electron chi connectivity index (χ3n) is 4.12. The molecular formula is C16H13ClF3NO2. The monoisotopic (exact) mass is 343 g/mol. The molecule has 0 spiro atoms. The Morgan fingerprint density at radius 2 is 2.00 bits per heavy atom. The van der Waals surface area contributed by atoms with E-state index in [1.54, 1.807) is 13.8 Å². The molecule has 3 rings (SSSR count). The lowest BCUT2D eigenvalue weighted by Crippen LogP contribution is -2.49. The van der Waals surface area contributed by atoms with Crippen LogP contribution in [-0.4, -0.2) is 12.3 Å². The molecule has 7 heteroatoms. The van der Waals surface area contributed by atoms with Crippen molar-refractivity contribution in [1.29, 1.82) is 0 Å². The van der Waals surface area contributed by atoms with Gasteiger partial charge in [0.15, 0.2) is 0 Å². The lowest BCUT2D eigenvalue weighted by atomic mass is 9.87. The Hall–Kier alpha value is -1.87. The minimum Gasteiger partial charge on any atom is -0.415 e. The maximum absolute atomic E-state index is 13.8. The van der Waals surface area contributed by atoms with Gasteiger partial charge in [-0.1, -0.05) is 17.5 Å². The fraction of sp³-hybridized carbons (Fsp3) is 0.438. The molecule has 1 aliphatic carbocycles. The van der Waals surface area contributed by atoms with Crippen LogP contribution >= 0.6 is 11.6 Å². The maximum atomic E-state index is 13.8. The lowest BCUT2D eigenvalue weighted by Gasteiger charge is -2.37. The van der Waals surface area contributed by atoms with Crippen molar-refractivity contribution in [3.8, 4) is 11.8 Å². The quantitative estimate of drug-likeness (QED) is 0.694. The van der Waals surface area contributed by atoms with Crippen molar-refractivity contribution >= 4 is 23.4 Å². The van der Waals surface area contributed by atoms with Crippen LogP contribution in [0.25, 0.3) is 0 Å². The Labute approximate surface area is 136 Å². The van der Waals surface area contributed by atoms with Gasteiger partial charge >= 0.3 is 12.3 Å². The molecule has 1 atom stereocenters. The number of halogens is 4. The number of benzene rings is 1. The van der Waals surface area contributed by atoms with Gasteiger partial charge in [0.05, 0.1) is 5.69 Å². The molecule has 1 heterocycles. The first-order valence-electron chi connectivity index (χ1n) is 7.05. The first-order valence-corrected chi connectivity index (χ1v) is 7.43. The highest BCUT2D eigenvalue weighted by molar-refractivity contribution is 6.31. The zero-order valence-electron chi connectivity index (χ0n) is 12.4. The van der Waals surface area contributed by atoms with Crippen LogP contribution in [0.4, 0.5) is 23.7 Å². The summed E-state index contributed by atoms with van der Waals surface area (Å²) in [7, 11) is 0. The summed E-state index contributed by atoms with van der Waals surface area (Å²) >= 11 is 6.06.